The minimum atomic E-state index is -2.64. The Morgan fingerprint density at radius 3 is 2.61 bits per heavy atom. The number of carbonyl (C=O) groups excluding carboxylic acids is 1. The maximum atomic E-state index is 13.5. The van der Waals surface area contributed by atoms with Crippen LogP contribution in [0.5, 0.6) is 0 Å². The molecule has 0 saturated carbocycles. The number of hydrogen-bond donors (Lipinski definition) is 5. The normalized spacial score (nSPS) is 44.6. The highest BCUT2D eigenvalue weighted by Crippen LogP contribution is 2.37. The van der Waals surface area contributed by atoms with Gasteiger partial charge >= 0.3 is 0 Å². The lowest BCUT2D eigenvalue weighted by atomic mass is 9.85. The summed E-state index contributed by atoms with van der Waals surface area (Å²) in [5.41, 5.74) is -1.16. The number of halogens is 2. The SMILES string of the molecule is CC(C)C[C@@H]1CCO[C@@H]2[C@H](CN[C@@H]2C(=O)N[C@@H]2C/C=C\C[C@@H](C(F)F)SC3OC2C(O)C(O)C3O)C1. The number of rotatable bonds is 5. The van der Waals surface area contributed by atoms with Crippen molar-refractivity contribution in [2.75, 3.05) is 13.2 Å². The smallest absolute Gasteiger partial charge is 0.250 e. The Hall–Kier alpha value is -0.820. The van der Waals surface area contributed by atoms with E-state index in [1.54, 1.807) is 12.2 Å². The van der Waals surface area contributed by atoms with Gasteiger partial charge in [0.15, 0.2) is 0 Å². The average Bonchev–Trinajstić information content (AvgIpc) is 3.11. The number of nitrogens with one attached hydrogen (secondary N) is 2. The molecule has 4 aliphatic heterocycles. The second-order valence-corrected chi connectivity index (χ2v) is 12.4. The standard InChI is InChI=1S/C25H40F2N2O6S/c1-12(2)9-13-7-8-34-21-14(10-13)11-28-17(21)24(33)29-15-5-3-4-6-16(23(26)27)36-25-20(32)18(30)19(31)22(15)35-25/h3-4,12-23,25,28,30-32H,5-11H2,1-2H3,(H,29,33)/b4-3-/t13-,14-,15+,16-,17-,18?,19?,20?,21+,22?,25?/m0/s1. The molecule has 11 atom stereocenters. The monoisotopic (exact) mass is 534 g/mol. The van der Waals surface area contributed by atoms with Crippen molar-refractivity contribution in [3.63, 3.8) is 0 Å². The molecule has 0 radical (unpaired) electrons. The zero-order valence-electron chi connectivity index (χ0n) is 20.8. The van der Waals surface area contributed by atoms with Crippen LogP contribution in [-0.4, -0.2) is 94.1 Å². The first kappa shape index (κ1) is 28.2. The van der Waals surface area contributed by atoms with Crippen LogP contribution in [-0.2, 0) is 14.3 Å². The maximum absolute atomic E-state index is 13.5. The van der Waals surface area contributed by atoms with Crippen molar-refractivity contribution in [1.82, 2.24) is 10.6 Å². The molecule has 0 aromatic carbocycles. The first-order valence-electron chi connectivity index (χ1n) is 13.1. The summed E-state index contributed by atoms with van der Waals surface area (Å²) in [6, 6.07) is -1.28. The van der Waals surface area contributed by atoms with E-state index in [2.05, 4.69) is 24.5 Å². The Morgan fingerprint density at radius 2 is 1.89 bits per heavy atom. The minimum absolute atomic E-state index is 0.0538. The number of alkyl halides is 2. The highest BCUT2D eigenvalue weighted by molar-refractivity contribution is 8.00. The van der Waals surface area contributed by atoms with Crippen molar-refractivity contribution in [2.45, 2.75) is 106 Å². The average molecular weight is 535 g/mol. The van der Waals surface area contributed by atoms with Crippen LogP contribution in [0.4, 0.5) is 8.78 Å². The first-order valence-corrected chi connectivity index (χ1v) is 14.0. The number of thioether (sulfide) groups is 1. The van der Waals surface area contributed by atoms with Crippen molar-refractivity contribution in [3.05, 3.63) is 12.2 Å². The molecule has 4 aliphatic rings. The van der Waals surface area contributed by atoms with Gasteiger partial charge in [-0.1, -0.05) is 26.0 Å². The molecule has 206 valence electrons. The van der Waals surface area contributed by atoms with Crippen LogP contribution in [0.2, 0.25) is 0 Å². The number of ether oxygens (including phenoxy) is 2. The fraction of sp³-hybridized carbons (Fsp3) is 0.880. The predicted octanol–water partition coefficient (Wildman–Crippen LogP) is 1.42. The molecule has 5 unspecified atom stereocenters. The molecule has 11 heteroatoms. The van der Waals surface area contributed by atoms with Gasteiger partial charge in [-0.05, 0) is 49.9 Å². The second-order valence-electron chi connectivity index (χ2n) is 11.0. The molecular formula is C25H40F2N2O6S. The molecule has 0 spiro atoms. The molecule has 3 saturated heterocycles. The lowest BCUT2D eigenvalue weighted by Crippen LogP contribution is -2.64. The Morgan fingerprint density at radius 1 is 1.14 bits per heavy atom. The highest BCUT2D eigenvalue weighted by atomic mass is 32.2. The van der Waals surface area contributed by atoms with E-state index < -0.39 is 53.6 Å². The summed E-state index contributed by atoms with van der Waals surface area (Å²) in [7, 11) is 0. The van der Waals surface area contributed by atoms with Gasteiger partial charge in [-0.25, -0.2) is 8.78 Å². The van der Waals surface area contributed by atoms with Gasteiger partial charge in [0.2, 0.25) is 5.91 Å². The zero-order chi connectivity index (χ0) is 26.0. The van der Waals surface area contributed by atoms with Crippen LogP contribution in [0.1, 0.15) is 46.0 Å². The fourth-order valence-corrected chi connectivity index (χ4v) is 7.20. The molecule has 3 fully saturated rings. The van der Waals surface area contributed by atoms with Crippen LogP contribution in [0.15, 0.2) is 12.2 Å². The summed E-state index contributed by atoms with van der Waals surface area (Å²) < 4.78 is 39.0. The van der Waals surface area contributed by atoms with E-state index in [4.69, 9.17) is 9.47 Å². The molecule has 0 aromatic rings. The van der Waals surface area contributed by atoms with E-state index in [1.807, 2.05) is 0 Å². The number of allylic oxidation sites excluding steroid dienone is 1. The number of hydrogen-bond acceptors (Lipinski definition) is 8. The predicted molar refractivity (Wildman–Crippen MR) is 132 cm³/mol. The first-order chi connectivity index (χ1) is 17.2. The highest BCUT2D eigenvalue weighted by Gasteiger charge is 2.49. The van der Waals surface area contributed by atoms with Crippen molar-refractivity contribution >= 4 is 17.7 Å². The summed E-state index contributed by atoms with van der Waals surface area (Å²) in [6.07, 6.45) is -1.86. The van der Waals surface area contributed by atoms with Crippen molar-refractivity contribution < 1.29 is 38.4 Å². The maximum Gasteiger partial charge on any atom is 0.250 e. The number of amides is 1. The summed E-state index contributed by atoms with van der Waals surface area (Å²) in [6.45, 7) is 5.72. The topological polar surface area (TPSA) is 120 Å². The third-order valence-corrected chi connectivity index (χ3v) is 9.20. The lowest BCUT2D eigenvalue weighted by Gasteiger charge is -2.44. The van der Waals surface area contributed by atoms with E-state index in [9.17, 15) is 28.9 Å². The summed E-state index contributed by atoms with van der Waals surface area (Å²) in [4.78, 5) is 13.4. The molecule has 4 rings (SSSR count). The second kappa shape index (κ2) is 12.4. The number of fused-ring (bicyclic) bond motifs is 3. The molecular weight excluding hydrogens is 494 g/mol. The molecule has 5 N–H and O–H groups in total. The number of aliphatic hydroxyl groups is 3. The van der Waals surface area contributed by atoms with Crippen LogP contribution in [0.25, 0.3) is 0 Å². The van der Waals surface area contributed by atoms with E-state index in [1.165, 1.54) is 0 Å². The van der Waals surface area contributed by atoms with Crippen LogP contribution < -0.4 is 10.6 Å². The molecule has 4 heterocycles. The third kappa shape index (κ3) is 6.42. The Kier molecular flexibility index (Phi) is 9.68. The van der Waals surface area contributed by atoms with E-state index in [0.29, 0.717) is 25.0 Å². The summed E-state index contributed by atoms with van der Waals surface area (Å²) >= 11 is 0.743. The zero-order valence-corrected chi connectivity index (χ0v) is 21.7. The van der Waals surface area contributed by atoms with Gasteiger partial charge in [-0.2, -0.15) is 0 Å². The molecule has 8 nitrogen and oxygen atoms in total. The van der Waals surface area contributed by atoms with Gasteiger partial charge in [0.25, 0.3) is 6.43 Å². The molecule has 0 aromatic heterocycles. The van der Waals surface area contributed by atoms with Crippen LogP contribution in [0, 0.1) is 17.8 Å². The molecule has 0 aliphatic carbocycles. The van der Waals surface area contributed by atoms with Gasteiger partial charge in [0, 0.05) is 13.2 Å². The fourth-order valence-electron chi connectivity index (χ4n) is 6.00. The Labute approximate surface area is 215 Å². The van der Waals surface area contributed by atoms with Gasteiger partial charge in [0.1, 0.15) is 35.9 Å². The Balaban J connectivity index is 1.47. The summed E-state index contributed by atoms with van der Waals surface area (Å²) in [5, 5.41) is 36.6. The minimum Gasteiger partial charge on any atom is -0.388 e. The number of aliphatic hydroxyl groups excluding tert-OH is 3. The molecule has 1 amide bonds. The molecule has 2 bridgehead atoms. The van der Waals surface area contributed by atoms with Crippen LogP contribution >= 0.6 is 11.8 Å². The van der Waals surface area contributed by atoms with E-state index >= 15 is 0 Å². The van der Waals surface area contributed by atoms with Crippen molar-refractivity contribution in [1.29, 1.82) is 0 Å². The van der Waals surface area contributed by atoms with Gasteiger partial charge < -0.3 is 35.4 Å². The molecule has 36 heavy (non-hydrogen) atoms. The van der Waals surface area contributed by atoms with Gasteiger partial charge in [0.05, 0.1) is 17.4 Å². The van der Waals surface area contributed by atoms with Gasteiger partial charge in [-0.3, -0.25) is 4.79 Å². The lowest BCUT2D eigenvalue weighted by molar-refractivity contribution is -0.205. The Bertz CT molecular complexity index is 777. The largest absolute Gasteiger partial charge is 0.388 e. The van der Waals surface area contributed by atoms with Crippen LogP contribution in [0.3, 0.4) is 0 Å². The van der Waals surface area contributed by atoms with Gasteiger partial charge in [-0.15, -0.1) is 11.8 Å². The van der Waals surface area contributed by atoms with Crippen molar-refractivity contribution in [2.24, 2.45) is 17.8 Å². The van der Waals surface area contributed by atoms with E-state index in [0.717, 1.165) is 31.0 Å². The third-order valence-electron chi connectivity index (χ3n) is 7.80. The number of carbonyl (C=O) groups is 1. The summed E-state index contributed by atoms with van der Waals surface area (Å²) in [5.74, 6) is 1.12. The van der Waals surface area contributed by atoms with Crippen molar-refractivity contribution in [3.8, 4) is 0 Å². The van der Waals surface area contributed by atoms with E-state index in [-0.39, 0.29) is 30.8 Å². The quantitative estimate of drug-likeness (QED) is 0.336.